The van der Waals surface area contributed by atoms with Gasteiger partial charge in [-0.05, 0) is 22.4 Å². The van der Waals surface area contributed by atoms with Crippen LogP contribution in [0.15, 0.2) is 59.5 Å². The number of hydrogen-bond donors (Lipinski definition) is 1. The van der Waals surface area contributed by atoms with Gasteiger partial charge in [0.05, 0.1) is 5.69 Å². The van der Waals surface area contributed by atoms with Crippen LogP contribution in [0.5, 0.6) is 0 Å². The summed E-state index contributed by atoms with van der Waals surface area (Å²) in [7, 11) is -3.53. The minimum absolute atomic E-state index is 0.00945. The minimum atomic E-state index is -3.53. The molecule has 6 nitrogen and oxygen atoms in total. The van der Waals surface area contributed by atoms with Crippen molar-refractivity contribution < 1.29 is 8.42 Å². The number of aromatic amines is 1. The highest BCUT2D eigenvalue weighted by atomic mass is 35.5. The number of sulfonamides is 1. The molecule has 1 saturated heterocycles. The first-order valence-electron chi connectivity index (χ1n) is 8.52. The molecule has 0 spiro atoms. The second kappa shape index (κ2) is 6.99. The van der Waals surface area contributed by atoms with Crippen LogP contribution in [-0.4, -0.2) is 36.7 Å². The van der Waals surface area contributed by atoms with E-state index in [1.165, 1.54) is 10.5 Å². The van der Waals surface area contributed by atoms with E-state index in [9.17, 15) is 13.2 Å². The Kier molecular flexibility index (Phi) is 4.67. The van der Waals surface area contributed by atoms with Crippen molar-refractivity contribution in [1.29, 1.82) is 0 Å². The highest BCUT2D eigenvalue weighted by Crippen LogP contribution is 2.27. The molecule has 1 N–H and O–H groups in total. The number of pyridine rings is 1. The van der Waals surface area contributed by atoms with Crippen LogP contribution in [0.25, 0.3) is 10.8 Å². The molecule has 0 saturated carbocycles. The summed E-state index contributed by atoms with van der Waals surface area (Å²) in [5.74, 6) is -0.207. The third-order valence-electron chi connectivity index (χ3n) is 4.78. The van der Waals surface area contributed by atoms with Gasteiger partial charge in [0.25, 0.3) is 5.56 Å². The van der Waals surface area contributed by atoms with E-state index >= 15 is 0 Å². The summed E-state index contributed by atoms with van der Waals surface area (Å²) < 4.78 is 27.2. The van der Waals surface area contributed by atoms with Crippen LogP contribution in [0.2, 0.25) is 5.02 Å². The lowest BCUT2D eigenvalue weighted by molar-refractivity contribution is 0.395. The first-order valence-corrected chi connectivity index (χ1v) is 10.5. The molecular formula is C19H18ClN3O3S. The number of halogens is 1. The summed E-state index contributed by atoms with van der Waals surface area (Å²) in [6.45, 7) is 1.11. The second-order valence-electron chi connectivity index (χ2n) is 6.48. The molecule has 2 heterocycles. The van der Waals surface area contributed by atoms with Gasteiger partial charge in [-0.2, -0.15) is 4.31 Å². The molecule has 0 amide bonds. The largest absolute Gasteiger partial charge is 0.354 e. The van der Waals surface area contributed by atoms with Gasteiger partial charge in [0.1, 0.15) is 10.9 Å². The lowest BCUT2D eigenvalue weighted by Gasteiger charge is -2.35. The van der Waals surface area contributed by atoms with Gasteiger partial charge in [-0.3, -0.25) is 4.79 Å². The number of H-pyrrole nitrogens is 1. The smallest absolute Gasteiger partial charge is 0.268 e. The Morgan fingerprint density at radius 2 is 1.81 bits per heavy atom. The first-order chi connectivity index (χ1) is 13.0. The van der Waals surface area contributed by atoms with E-state index in [4.69, 9.17) is 11.6 Å². The van der Waals surface area contributed by atoms with Crippen LogP contribution in [-0.2, 0) is 16.6 Å². The van der Waals surface area contributed by atoms with E-state index in [0.29, 0.717) is 25.3 Å². The van der Waals surface area contributed by atoms with Crippen LogP contribution in [0.1, 0.15) is 5.56 Å². The molecule has 0 unspecified atom stereocenters. The van der Waals surface area contributed by atoms with E-state index in [1.54, 1.807) is 11.0 Å². The molecule has 0 aliphatic carbocycles. The van der Waals surface area contributed by atoms with Gasteiger partial charge in [-0.15, -0.1) is 0 Å². The molecule has 3 aromatic rings. The molecule has 1 aliphatic rings. The Labute approximate surface area is 162 Å². The SMILES string of the molecule is O=c1[nH]ccc(N2CCN(Cc3cccc4ccccc34)S(=O)(=O)C2)c1Cl. The number of nitrogens with zero attached hydrogens (tertiary/aromatic N) is 2. The van der Waals surface area contributed by atoms with Crippen molar-refractivity contribution in [2.24, 2.45) is 0 Å². The predicted octanol–water partition coefficient (Wildman–Crippen LogP) is 2.79. The Hall–Kier alpha value is -2.35. The van der Waals surface area contributed by atoms with Crippen molar-refractivity contribution in [2.45, 2.75) is 6.54 Å². The van der Waals surface area contributed by atoms with E-state index in [1.807, 2.05) is 42.5 Å². The monoisotopic (exact) mass is 403 g/mol. The van der Waals surface area contributed by atoms with E-state index < -0.39 is 15.6 Å². The zero-order valence-electron chi connectivity index (χ0n) is 14.4. The number of rotatable bonds is 3. The Morgan fingerprint density at radius 3 is 2.63 bits per heavy atom. The van der Waals surface area contributed by atoms with Crippen molar-refractivity contribution in [3.63, 3.8) is 0 Å². The second-order valence-corrected chi connectivity index (χ2v) is 8.80. The highest BCUT2D eigenvalue weighted by molar-refractivity contribution is 7.89. The molecule has 27 heavy (non-hydrogen) atoms. The third kappa shape index (κ3) is 3.45. The van der Waals surface area contributed by atoms with Crippen LogP contribution >= 0.6 is 11.6 Å². The maximum absolute atomic E-state index is 12.9. The topological polar surface area (TPSA) is 73.5 Å². The molecule has 1 fully saturated rings. The quantitative estimate of drug-likeness (QED) is 0.729. The van der Waals surface area contributed by atoms with Crippen LogP contribution in [0.3, 0.4) is 0 Å². The maximum atomic E-state index is 12.9. The van der Waals surface area contributed by atoms with Gasteiger partial charge in [0.2, 0.25) is 10.0 Å². The van der Waals surface area contributed by atoms with Crippen LogP contribution in [0, 0.1) is 0 Å². The normalized spacial score (nSPS) is 17.3. The lowest BCUT2D eigenvalue weighted by Crippen LogP contribution is -2.49. The average molecular weight is 404 g/mol. The Balaban J connectivity index is 1.60. The maximum Gasteiger partial charge on any atom is 0.268 e. The predicted molar refractivity (Wildman–Crippen MR) is 108 cm³/mol. The number of fused-ring (bicyclic) bond motifs is 1. The number of aromatic nitrogens is 1. The average Bonchev–Trinajstić information content (AvgIpc) is 2.65. The molecule has 8 heteroatoms. The van der Waals surface area contributed by atoms with Gasteiger partial charge in [-0.25, -0.2) is 8.42 Å². The summed E-state index contributed by atoms with van der Waals surface area (Å²) in [4.78, 5) is 15.8. The van der Waals surface area contributed by atoms with E-state index in [-0.39, 0.29) is 10.9 Å². The minimum Gasteiger partial charge on any atom is -0.354 e. The summed E-state index contributed by atoms with van der Waals surface area (Å²) in [5.41, 5.74) is 0.984. The Bertz CT molecular complexity index is 1150. The zero-order chi connectivity index (χ0) is 19.0. The number of anilines is 1. The fourth-order valence-corrected chi connectivity index (χ4v) is 5.15. The molecule has 2 aromatic carbocycles. The fraction of sp³-hybridized carbons (Fsp3) is 0.211. The molecule has 0 radical (unpaired) electrons. The number of hydrogen-bond acceptors (Lipinski definition) is 4. The summed E-state index contributed by atoms with van der Waals surface area (Å²) in [6.07, 6.45) is 1.47. The molecule has 1 aliphatic heterocycles. The van der Waals surface area contributed by atoms with Crippen molar-refractivity contribution >= 4 is 38.1 Å². The third-order valence-corrected chi connectivity index (χ3v) is 6.88. The molecule has 1 aromatic heterocycles. The van der Waals surface area contributed by atoms with E-state index in [0.717, 1.165) is 16.3 Å². The highest BCUT2D eigenvalue weighted by Gasteiger charge is 2.32. The van der Waals surface area contributed by atoms with Crippen molar-refractivity contribution in [2.75, 3.05) is 23.9 Å². The fourth-order valence-electron chi connectivity index (χ4n) is 3.40. The Morgan fingerprint density at radius 1 is 1.04 bits per heavy atom. The van der Waals surface area contributed by atoms with Gasteiger partial charge in [0, 0.05) is 25.8 Å². The molecule has 0 bridgehead atoms. The van der Waals surface area contributed by atoms with Gasteiger partial charge in [0.15, 0.2) is 0 Å². The van der Waals surface area contributed by atoms with Crippen molar-refractivity contribution in [1.82, 2.24) is 9.29 Å². The van der Waals surface area contributed by atoms with E-state index in [2.05, 4.69) is 4.98 Å². The van der Waals surface area contributed by atoms with Crippen LogP contribution in [0.4, 0.5) is 5.69 Å². The van der Waals surface area contributed by atoms with Crippen LogP contribution < -0.4 is 10.5 Å². The van der Waals surface area contributed by atoms with Gasteiger partial charge < -0.3 is 9.88 Å². The number of nitrogens with one attached hydrogen (secondary N) is 1. The van der Waals surface area contributed by atoms with Gasteiger partial charge in [-0.1, -0.05) is 54.1 Å². The molecule has 0 atom stereocenters. The molecular weight excluding hydrogens is 386 g/mol. The molecule has 140 valence electrons. The first kappa shape index (κ1) is 18.0. The van der Waals surface area contributed by atoms with Crippen molar-refractivity contribution in [3.8, 4) is 0 Å². The summed E-state index contributed by atoms with van der Waals surface area (Å²) >= 11 is 6.06. The number of benzene rings is 2. The summed E-state index contributed by atoms with van der Waals surface area (Å²) in [6, 6.07) is 15.5. The molecule has 4 rings (SSSR count). The van der Waals surface area contributed by atoms with Gasteiger partial charge >= 0.3 is 0 Å². The zero-order valence-corrected chi connectivity index (χ0v) is 16.0. The van der Waals surface area contributed by atoms with Crippen molar-refractivity contribution in [3.05, 3.63) is 75.7 Å². The summed E-state index contributed by atoms with van der Waals surface area (Å²) in [5, 5.41) is 2.15. The lowest BCUT2D eigenvalue weighted by atomic mass is 10.0. The standard InChI is InChI=1S/C19H18ClN3O3S/c20-18-17(8-9-21-19(18)24)22-10-11-23(27(25,26)13-22)12-15-6-3-5-14-4-1-2-7-16(14)15/h1-9H,10-13H2,(H,21,24).